The molecule has 0 saturated heterocycles. The maximum Gasteiger partial charge on any atom is 0.158 e. The van der Waals surface area contributed by atoms with E-state index in [1.165, 1.54) is 6.33 Å². The Balaban J connectivity index is 1.39. The molecule has 4 heterocycles. The molecule has 0 atom stereocenters. The number of nitrogens with zero attached hydrogens (tertiary/aromatic N) is 6. The Kier molecular flexibility index (Phi) is 4.97. The van der Waals surface area contributed by atoms with Crippen molar-refractivity contribution in [2.24, 2.45) is 0 Å². The number of carbonyl (C=O) groups excluding carboxylic acids is 1. The van der Waals surface area contributed by atoms with Gasteiger partial charge in [-0.05, 0) is 37.3 Å². The zero-order valence-electron chi connectivity index (χ0n) is 15.4. The second-order valence-electron chi connectivity index (χ2n) is 6.47. The van der Waals surface area contributed by atoms with Gasteiger partial charge in [0.05, 0.1) is 30.7 Å². The van der Waals surface area contributed by atoms with Gasteiger partial charge in [-0.3, -0.25) is 14.8 Å². The highest BCUT2D eigenvalue weighted by Gasteiger charge is 2.09. The molecule has 0 amide bonds. The lowest BCUT2D eigenvalue weighted by molar-refractivity contribution is -0.119. The Bertz CT molecular complexity index is 1090. The van der Waals surface area contributed by atoms with Gasteiger partial charge in [0.2, 0.25) is 0 Å². The average Bonchev–Trinajstić information content (AvgIpc) is 3.17. The van der Waals surface area contributed by atoms with Crippen LogP contribution in [0.4, 0.5) is 0 Å². The molecule has 0 spiro atoms. The number of imidazole rings is 1. The van der Waals surface area contributed by atoms with E-state index in [1.54, 1.807) is 29.5 Å². The van der Waals surface area contributed by atoms with Crippen LogP contribution in [0.3, 0.4) is 0 Å². The maximum absolute atomic E-state index is 12.4. The third-order valence-corrected chi connectivity index (χ3v) is 4.27. The highest BCUT2D eigenvalue weighted by molar-refractivity contribution is 5.80. The summed E-state index contributed by atoms with van der Waals surface area (Å²) in [4.78, 5) is 33.5. The Morgan fingerprint density at radius 2 is 1.89 bits per heavy atom. The molecule has 0 bridgehead atoms. The topological polar surface area (TPSA) is 86.5 Å². The first kappa shape index (κ1) is 17.7. The van der Waals surface area contributed by atoms with Crippen LogP contribution < -0.4 is 0 Å². The first-order valence-electron chi connectivity index (χ1n) is 8.85. The molecule has 0 unspecified atom stereocenters. The molecule has 4 aromatic heterocycles. The number of hydrogen-bond donors (Lipinski definition) is 0. The van der Waals surface area contributed by atoms with Crippen LogP contribution in [0.5, 0.6) is 0 Å². The summed E-state index contributed by atoms with van der Waals surface area (Å²) in [6, 6.07) is 9.47. The van der Waals surface area contributed by atoms with Gasteiger partial charge in [-0.15, -0.1) is 0 Å². The van der Waals surface area contributed by atoms with E-state index in [9.17, 15) is 4.79 Å². The van der Waals surface area contributed by atoms with E-state index >= 15 is 0 Å². The van der Waals surface area contributed by atoms with E-state index in [0.717, 1.165) is 33.9 Å². The van der Waals surface area contributed by atoms with E-state index in [4.69, 9.17) is 0 Å². The predicted molar refractivity (Wildman–Crippen MR) is 104 cm³/mol. The molecule has 0 radical (unpaired) electrons. The monoisotopic (exact) mass is 370 g/mol. The number of aryl methyl sites for hydroxylation is 1. The van der Waals surface area contributed by atoms with Crippen molar-refractivity contribution in [3.8, 4) is 22.5 Å². The number of Topliss-reactive ketones (excluding diaryl/α,β-unsaturated/α-hetero) is 1. The number of carbonyl (C=O) groups is 1. The van der Waals surface area contributed by atoms with Crippen LogP contribution in [0.15, 0.2) is 67.8 Å². The summed E-state index contributed by atoms with van der Waals surface area (Å²) in [6.07, 6.45) is 10.5. The van der Waals surface area contributed by atoms with Gasteiger partial charge in [0.1, 0.15) is 6.33 Å². The number of ketones is 1. The van der Waals surface area contributed by atoms with Crippen molar-refractivity contribution in [1.29, 1.82) is 0 Å². The number of hydrogen-bond acceptors (Lipinski definition) is 6. The van der Waals surface area contributed by atoms with Gasteiger partial charge in [0, 0.05) is 47.3 Å². The number of pyridine rings is 2. The van der Waals surface area contributed by atoms with Crippen LogP contribution in [-0.4, -0.2) is 35.3 Å². The fourth-order valence-electron chi connectivity index (χ4n) is 2.90. The van der Waals surface area contributed by atoms with Crippen molar-refractivity contribution >= 4 is 5.78 Å². The molecule has 0 aliphatic rings. The van der Waals surface area contributed by atoms with Crippen LogP contribution in [-0.2, 0) is 17.8 Å². The summed E-state index contributed by atoms with van der Waals surface area (Å²) in [5.41, 5.74) is 5.17. The fraction of sp³-hybridized carbons (Fsp3) is 0.143. The van der Waals surface area contributed by atoms with Crippen molar-refractivity contribution in [2.45, 2.75) is 19.9 Å². The lowest BCUT2D eigenvalue weighted by Crippen LogP contribution is -2.12. The predicted octanol–water partition coefficient (Wildman–Crippen LogP) is 2.92. The molecule has 0 saturated carbocycles. The summed E-state index contributed by atoms with van der Waals surface area (Å²) in [6.45, 7) is 2.19. The number of aromatic nitrogens is 6. The van der Waals surface area contributed by atoms with Crippen LogP contribution in [0, 0.1) is 6.92 Å². The first-order chi connectivity index (χ1) is 13.7. The molecule has 0 fully saturated rings. The third kappa shape index (κ3) is 4.15. The number of rotatable bonds is 6. The Labute approximate surface area is 162 Å². The Hall–Kier alpha value is -3.74. The van der Waals surface area contributed by atoms with Crippen LogP contribution >= 0.6 is 0 Å². The summed E-state index contributed by atoms with van der Waals surface area (Å²) in [5.74, 6) is 0.0668. The molecular weight excluding hydrogens is 352 g/mol. The normalized spacial score (nSPS) is 10.8. The van der Waals surface area contributed by atoms with Gasteiger partial charge in [0.15, 0.2) is 5.78 Å². The van der Waals surface area contributed by atoms with E-state index in [2.05, 4.69) is 24.9 Å². The Morgan fingerprint density at radius 1 is 0.964 bits per heavy atom. The van der Waals surface area contributed by atoms with Gasteiger partial charge in [-0.1, -0.05) is 0 Å². The smallest absolute Gasteiger partial charge is 0.158 e. The average molecular weight is 370 g/mol. The van der Waals surface area contributed by atoms with Crippen molar-refractivity contribution < 1.29 is 4.79 Å². The summed E-state index contributed by atoms with van der Waals surface area (Å²) < 4.78 is 1.79. The summed E-state index contributed by atoms with van der Waals surface area (Å²) in [7, 11) is 0. The lowest BCUT2D eigenvalue weighted by atomic mass is 10.1. The quantitative estimate of drug-likeness (QED) is 0.519. The van der Waals surface area contributed by atoms with E-state index in [0.29, 0.717) is 0 Å². The second-order valence-corrected chi connectivity index (χ2v) is 6.47. The molecule has 138 valence electrons. The minimum Gasteiger partial charge on any atom is -0.329 e. The van der Waals surface area contributed by atoms with Crippen molar-refractivity contribution in [3.63, 3.8) is 0 Å². The molecule has 4 aromatic rings. The molecule has 28 heavy (non-hydrogen) atoms. The molecular formula is C21H18N6O. The molecule has 0 aliphatic carbocycles. The summed E-state index contributed by atoms with van der Waals surface area (Å²) in [5, 5.41) is 0. The molecule has 7 nitrogen and oxygen atoms in total. The molecule has 0 N–H and O–H groups in total. The molecule has 4 rings (SSSR count). The van der Waals surface area contributed by atoms with Gasteiger partial charge in [-0.25, -0.2) is 15.0 Å². The van der Waals surface area contributed by atoms with Crippen molar-refractivity contribution in [3.05, 3.63) is 79.2 Å². The van der Waals surface area contributed by atoms with E-state index in [1.807, 2.05) is 43.5 Å². The highest BCUT2D eigenvalue weighted by atomic mass is 16.1. The van der Waals surface area contributed by atoms with Crippen LogP contribution in [0.25, 0.3) is 22.5 Å². The van der Waals surface area contributed by atoms with Crippen LogP contribution in [0.2, 0.25) is 0 Å². The SMILES string of the molecule is Cc1cc(-c2cn(CC(=O)Cc3ccc(-c4ccncn4)cn3)cn2)ccn1. The van der Waals surface area contributed by atoms with Gasteiger partial charge in [-0.2, -0.15) is 0 Å². The van der Waals surface area contributed by atoms with E-state index in [-0.39, 0.29) is 18.7 Å². The zero-order valence-corrected chi connectivity index (χ0v) is 15.4. The first-order valence-corrected chi connectivity index (χ1v) is 8.85. The van der Waals surface area contributed by atoms with Gasteiger partial charge >= 0.3 is 0 Å². The van der Waals surface area contributed by atoms with Crippen molar-refractivity contribution in [2.75, 3.05) is 0 Å². The zero-order chi connectivity index (χ0) is 19.3. The summed E-state index contributed by atoms with van der Waals surface area (Å²) >= 11 is 0. The minimum atomic E-state index is 0.0668. The second kappa shape index (κ2) is 7.87. The van der Waals surface area contributed by atoms with Crippen LogP contribution in [0.1, 0.15) is 11.4 Å². The molecule has 0 aliphatic heterocycles. The van der Waals surface area contributed by atoms with Gasteiger partial charge in [0.25, 0.3) is 0 Å². The Morgan fingerprint density at radius 3 is 2.64 bits per heavy atom. The standard InChI is InChI=1S/C21H18N6O/c1-15-8-16(4-7-23-15)21-12-27(14-26-21)11-19(28)9-18-3-2-17(10-24-18)20-5-6-22-13-25-20/h2-8,10,12-14H,9,11H2,1H3. The maximum atomic E-state index is 12.4. The third-order valence-electron chi connectivity index (χ3n) is 4.27. The molecule has 0 aromatic carbocycles. The highest BCUT2D eigenvalue weighted by Crippen LogP contribution is 2.17. The minimum absolute atomic E-state index is 0.0668. The molecule has 7 heteroatoms. The van der Waals surface area contributed by atoms with Gasteiger partial charge < -0.3 is 4.57 Å². The fourth-order valence-corrected chi connectivity index (χ4v) is 2.90. The lowest BCUT2D eigenvalue weighted by Gasteiger charge is -2.04. The van der Waals surface area contributed by atoms with E-state index < -0.39 is 0 Å². The van der Waals surface area contributed by atoms with Crippen molar-refractivity contribution in [1.82, 2.24) is 29.5 Å². The largest absolute Gasteiger partial charge is 0.329 e.